The number of rotatable bonds is 7. The Morgan fingerprint density at radius 1 is 1.24 bits per heavy atom. The maximum Gasteiger partial charge on any atom is 0.0318 e. The van der Waals surface area contributed by atoms with Crippen LogP contribution >= 0.6 is 0 Å². The molecule has 0 amide bonds. The minimum absolute atomic E-state index is 0.359. The summed E-state index contributed by atoms with van der Waals surface area (Å²) in [4.78, 5) is 0. The van der Waals surface area contributed by atoms with Crippen molar-refractivity contribution >= 4 is 0 Å². The van der Waals surface area contributed by atoms with E-state index in [1.807, 2.05) is 6.08 Å². The van der Waals surface area contributed by atoms with Crippen LogP contribution in [0.5, 0.6) is 0 Å². The number of likely N-dealkylation sites (N-methyl/N-ethyl adjacent to an activating group) is 1. The summed E-state index contributed by atoms with van der Waals surface area (Å²) in [6.45, 7) is 11.7. The minimum atomic E-state index is 0.359. The normalized spacial score (nSPS) is 16.2. The molecule has 0 aliphatic carbocycles. The molecule has 17 heavy (non-hydrogen) atoms. The van der Waals surface area contributed by atoms with Crippen molar-refractivity contribution in [1.82, 2.24) is 5.32 Å². The summed E-state index contributed by atoms with van der Waals surface area (Å²) < 4.78 is 0. The molecule has 1 aromatic carbocycles. The van der Waals surface area contributed by atoms with E-state index < -0.39 is 0 Å². The van der Waals surface area contributed by atoms with Gasteiger partial charge < -0.3 is 5.32 Å². The van der Waals surface area contributed by atoms with E-state index in [4.69, 9.17) is 0 Å². The molecule has 0 fully saturated rings. The molecule has 3 unspecified atom stereocenters. The lowest BCUT2D eigenvalue weighted by atomic mass is 9.80. The molecule has 0 aliphatic heterocycles. The zero-order valence-electron chi connectivity index (χ0n) is 11.3. The molecule has 0 spiro atoms. The van der Waals surface area contributed by atoms with Crippen molar-refractivity contribution in [2.24, 2.45) is 5.92 Å². The van der Waals surface area contributed by atoms with Crippen molar-refractivity contribution in [1.29, 1.82) is 0 Å². The molecule has 0 saturated heterocycles. The van der Waals surface area contributed by atoms with Gasteiger partial charge in [-0.05, 0) is 18.0 Å². The van der Waals surface area contributed by atoms with Crippen LogP contribution in [0.2, 0.25) is 0 Å². The van der Waals surface area contributed by atoms with Crippen molar-refractivity contribution in [3.8, 4) is 0 Å². The maximum atomic E-state index is 3.98. The van der Waals surface area contributed by atoms with E-state index in [9.17, 15) is 0 Å². The second-order valence-corrected chi connectivity index (χ2v) is 4.64. The Morgan fingerprint density at radius 2 is 1.88 bits per heavy atom. The molecule has 0 aromatic heterocycles. The van der Waals surface area contributed by atoms with Gasteiger partial charge in [0.1, 0.15) is 0 Å². The summed E-state index contributed by atoms with van der Waals surface area (Å²) in [5, 5.41) is 3.53. The van der Waals surface area contributed by atoms with Crippen molar-refractivity contribution in [3.63, 3.8) is 0 Å². The van der Waals surface area contributed by atoms with Gasteiger partial charge in [-0.25, -0.2) is 0 Å². The van der Waals surface area contributed by atoms with Crippen LogP contribution in [-0.2, 0) is 0 Å². The van der Waals surface area contributed by atoms with Gasteiger partial charge in [0.25, 0.3) is 0 Å². The van der Waals surface area contributed by atoms with Crippen LogP contribution in [0, 0.1) is 5.92 Å². The van der Waals surface area contributed by atoms with Crippen molar-refractivity contribution in [3.05, 3.63) is 48.6 Å². The highest BCUT2D eigenvalue weighted by atomic mass is 14.9. The third-order valence-corrected chi connectivity index (χ3v) is 3.52. The summed E-state index contributed by atoms with van der Waals surface area (Å²) >= 11 is 0. The summed E-state index contributed by atoms with van der Waals surface area (Å²) in [6.07, 6.45) is 3.24. The third kappa shape index (κ3) is 3.71. The Balaban J connectivity index is 2.98. The minimum Gasteiger partial charge on any atom is -0.310 e. The highest BCUT2D eigenvalue weighted by Gasteiger charge is 2.24. The van der Waals surface area contributed by atoms with E-state index in [1.165, 1.54) is 12.0 Å². The Labute approximate surface area is 106 Å². The van der Waals surface area contributed by atoms with E-state index in [0.717, 1.165) is 6.54 Å². The number of hydrogen-bond donors (Lipinski definition) is 1. The van der Waals surface area contributed by atoms with Crippen LogP contribution < -0.4 is 5.32 Å². The Morgan fingerprint density at radius 3 is 2.35 bits per heavy atom. The number of benzene rings is 1. The van der Waals surface area contributed by atoms with Gasteiger partial charge in [-0.3, -0.25) is 0 Å². The summed E-state index contributed by atoms with van der Waals surface area (Å²) in [7, 11) is 0. The SMILES string of the molecule is C=CC(NCC)C(c1ccccc1)C(C)CC. The second-order valence-electron chi connectivity index (χ2n) is 4.64. The first-order valence-corrected chi connectivity index (χ1v) is 6.65. The predicted molar refractivity (Wildman–Crippen MR) is 76.3 cm³/mol. The lowest BCUT2D eigenvalue weighted by molar-refractivity contribution is 0.377. The standard InChI is InChI=1S/C16H25N/c1-5-13(4)16(15(6-2)17-7-3)14-11-9-8-10-12-14/h6,8-13,15-17H,2,5,7H2,1,3-4H3. The highest BCUT2D eigenvalue weighted by molar-refractivity contribution is 5.24. The number of nitrogens with one attached hydrogen (secondary N) is 1. The zero-order chi connectivity index (χ0) is 12.7. The monoisotopic (exact) mass is 231 g/mol. The molecule has 1 rings (SSSR count). The van der Waals surface area contributed by atoms with Gasteiger partial charge in [0.05, 0.1) is 0 Å². The largest absolute Gasteiger partial charge is 0.310 e. The van der Waals surface area contributed by atoms with Crippen LogP contribution in [0.4, 0.5) is 0 Å². The molecule has 0 saturated carbocycles. The smallest absolute Gasteiger partial charge is 0.0318 e. The first-order valence-electron chi connectivity index (χ1n) is 6.65. The topological polar surface area (TPSA) is 12.0 Å². The van der Waals surface area contributed by atoms with Crippen molar-refractivity contribution < 1.29 is 0 Å². The van der Waals surface area contributed by atoms with Crippen molar-refractivity contribution in [2.45, 2.75) is 39.2 Å². The van der Waals surface area contributed by atoms with E-state index in [1.54, 1.807) is 0 Å². The molecule has 0 bridgehead atoms. The fourth-order valence-electron chi connectivity index (χ4n) is 2.41. The van der Waals surface area contributed by atoms with E-state index >= 15 is 0 Å². The molecule has 1 aromatic rings. The van der Waals surface area contributed by atoms with Crippen LogP contribution in [-0.4, -0.2) is 12.6 Å². The van der Waals surface area contributed by atoms with Crippen LogP contribution in [0.15, 0.2) is 43.0 Å². The van der Waals surface area contributed by atoms with Gasteiger partial charge >= 0.3 is 0 Å². The van der Waals surface area contributed by atoms with E-state index in [0.29, 0.717) is 17.9 Å². The Bertz CT molecular complexity index is 318. The molecule has 3 atom stereocenters. The van der Waals surface area contributed by atoms with E-state index in [-0.39, 0.29) is 0 Å². The molecule has 1 heteroatoms. The summed E-state index contributed by atoms with van der Waals surface area (Å²) in [5.41, 5.74) is 1.41. The third-order valence-electron chi connectivity index (χ3n) is 3.52. The summed E-state index contributed by atoms with van der Waals surface area (Å²) in [5.74, 6) is 1.16. The second kappa shape index (κ2) is 7.29. The zero-order valence-corrected chi connectivity index (χ0v) is 11.3. The van der Waals surface area contributed by atoms with Gasteiger partial charge in [0, 0.05) is 12.0 Å². The number of hydrogen-bond acceptors (Lipinski definition) is 1. The molecular formula is C16H25N. The molecular weight excluding hydrogens is 206 g/mol. The van der Waals surface area contributed by atoms with Gasteiger partial charge in [-0.2, -0.15) is 0 Å². The molecule has 0 heterocycles. The highest BCUT2D eigenvalue weighted by Crippen LogP contribution is 2.30. The first-order chi connectivity index (χ1) is 8.24. The van der Waals surface area contributed by atoms with Gasteiger partial charge in [-0.1, -0.05) is 63.6 Å². The molecule has 94 valence electrons. The van der Waals surface area contributed by atoms with Gasteiger partial charge in [0.2, 0.25) is 0 Å². The lowest BCUT2D eigenvalue weighted by Gasteiger charge is -2.30. The van der Waals surface area contributed by atoms with Gasteiger partial charge in [0.15, 0.2) is 0 Å². The fourth-order valence-corrected chi connectivity index (χ4v) is 2.41. The quantitative estimate of drug-likeness (QED) is 0.700. The maximum absolute atomic E-state index is 3.98. The molecule has 1 nitrogen and oxygen atoms in total. The summed E-state index contributed by atoms with van der Waals surface area (Å²) in [6, 6.07) is 11.1. The van der Waals surface area contributed by atoms with Crippen LogP contribution in [0.25, 0.3) is 0 Å². The average Bonchev–Trinajstić information content (AvgIpc) is 2.39. The molecule has 0 aliphatic rings. The Hall–Kier alpha value is -1.08. The van der Waals surface area contributed by atoms with Crippen LogP contribution in [0.1, 0.15) is 38.7 Å². The average molecular weight is 231 g/mol. The molecule has 0 radical (unpaired) electrons. The molecule has 1 N–H and O–H groups in total. The Kier molecular flexibility index (Phi) is 5.99. The predicted octanol–water partition coefficient (Wildman–Crippen LogP) is 3.98. The van der Waals surface area contributed by atoms with Crippen LogP contribution in [0.3, 0.4) is 0 Å². The van der Waals surface area contributed by atoms with E-state index in [2.05, 4.69) is 63.0 Å². The first kappa shape index (κ1) is 14.0. The van der Waals surface area contributed by atoms with Gasteiger partial charge in [-0.15, -0.1) is 6.58 Å². The fraction of sp³-hybridized carbons (Fsp3) is 0.500. The van der Waals surface area contributed by atoms with Crippen molar-refractivity contribution in [2.75, 3.05) is 6.54 Å². The lowest BCUT2D eigenvalue weighted by Crippen LogP contribution is -2.35.